The molecule has 5 nitrogen and oxygen atoms in total. The van der Waals surface area contributed by atoms with E-state index in [0.717, 1.165) is 11.3 Å². The fraction of sp³-hybridized carbons (Fsp3) is 0.364. The number of hydrogen-bond acceptors (Lipinski definition) is 4. The average Bonchev–Trinajstić information content (AvgIpc) is 2.51. The Morgan fingerprint density at radius 1 is 1.50 bits per heavy atom. The van der Waals surface area contributed by atoms with E-state index in [9.17, 15) is 15.0 Å². The number of aromatic hydroxyl groups is 1. The number of nitrogens with one attached hydrogen (secondary N) is 1. The number of phenols is 1. The van der Waals surface area contributed by atoms with Gasteiger partial charge in [-0.3, -0.25) is 4.79 Å². The van der Waals surface area contributed by atoms with Crippen LogP contribution in [0.4, 0.5) is 5.69 Å². The van der Waals surface area contributed by atoms with E-state index in [1.165, 1.54) is 6.07 Å². The number of fused-ring (bicyclic) bond motifs is 1. The van der Waals surface area contributed by atoms with Gasteiger partial charge in [-0.2, -0.15) is 0 Å². The Balaban J connectivity index is 2.11. The second kappa shape index (κ2) is 3.68. The number of phenolic OH excluding ortho intramolecular Hbond substituents is 1. The van der Waals surface area contributed by atoms with Gasteiger partial charge in [-0.05, 0) is 23.8 Å². The summed E-state index contributed by atoms with van der Waals surface area (Å²) in [5.74, 6) is -0.794. The lowest BCUT2D eigenvalue weighted by molar-refractivity contribution is -0.138. The first kappa shape index (κ1) is 10.8. The molecule has 0 amide bonds. The van der Waals surface area contributed by atoms with Crippen LogP contribution < -0.4 is 5.32 Å². The molecule has 1 aromatic carbocycles. The van der Waals surface area contributed by atoms with Gasteiger partial charge in [0.05, 0.1) is 0 Å². The number of hydrogen-bond donors (Lipinski definition) is 4. The van der Waals surface area contributed by atoms with Gasteiger partial charge in [-0.15, -0.1) is 0 Å². The van der Waals surface area contributed by atoms with Gasteiger partial charge in [0.25, 0.3) is 0 Å². The first-order chi connectivity index (χ1) is 7.48. The lowest BCUT2D eigenvalue weighted by Gasteiger charge is -2.22. The molecule has 5 heteroatoms. The number of aliphatic carboxylic acids is 1. The number of anilines is 1. The molecule has 1 heterocycles. The van der Waals surface area contributed by atoms with Gasteiger partial charge in [0, 0.05) is 24.9 Å². The summed E-state index contributed by atoms with van der Waals surface area (Å²) in [5.41, 5.74) is 0.327. The zero-order chi connectivity index (χ0) is 11.8. The summed E-state index contributed by atoms with van der Waals surface area (Å²) < 4.78 is 0. The predicted molar refractivity (Wildman–Crippen MR) is 57.3 cm³/mol. The summed E-state index contributed by atoms with van der Waals surface area (Å²) in [5, 5.41) is 30.8. The van der Waals surface area contributed by atoms with Crippen LogP contribution in [0.1, 0.15) is 18.4 Å². The van der Waals surface area contributed by atoms with Crippen LogP contribution in [-0.4, -0.2) is 27.0 Å². The molecule has 0 radical (unpaired) electrons. The monoisotopic (exact) mass is 223 g/mol. The average molecular weight is 223 g/mol. The van der Waals surface area contributed by atoms with Crippen molar-refractivity contribution in [2.24, 2.45) is 0 Å². The molecule has 1 aromatic rings. The highest BCUT2D eigenvalue weighted by molar-refractivity contribution is 5.67. The molecular weight excluding hydrogens is 210 g/mol. The van der Waals surface area contributed by atoms with E-state index >= 15 is 0 Å². The van der Waals surface area contributed by atoms with Gasteiger partial charge >= 0.3 is 5.97 Å². The molecule has 4 N–H and O–H groups in total. The molecule has 0 bridgehead atoms. The molecule has 1 aliphatic rings. The molecule has 86 valence electrons. The van der Waals surface area contributed by atoms with Crippen LogP contribution in [0, 0.1) is 0 Å². The van der Waals surface area contributed by atoms with Gasteiger partial charge in [-0.25, -0.2) is 0 Å². The standard InChI is InChI=1S/C11H13NO4/c13-8-1-2-9-7(5-8)6-11(16,12-9)4-3-10(14)15/h1-2,5,12-13,16H,3-4,6H2,(H,14,15)/t11-/m1/s1. The quantitative estimate of drug-likeness (QED) is 0.572. The zero-order valence-electron chi connectivity index (χ0n) is 8.60. The molecule has 0 spiro atoms. The van der Waals surface area contributed by atoms with E-state index in [0.29, 0.717) is 6.42 Å². The summed E-state index contributed by atoms with van der Waals surface area (Å²) >= 11 is 0. The van der Waals surface area contributed by atoms with Crippen LogP contribution in [0.3, 0.4) is 0 Å². The van der Waals surface area contributed by atoms with Gasteiger partial charge in [0.2, 0.25) is 0 Å². The number of carboxylic acids is 1. The SMILES string of the molecule is O=C(O)CC[C@@]1(O)Cc2cc(O)ccc2N1. The third kappa shape index (κ3) is 2.09. The van der Waals surface area contributed by atoms with Crippen molar-refractivity contribution in [2.45, 2.75) is 25.0 Å². The van der Waals surface area contributed by atoms with Gasteiger partial charge in [0.15, 0.2) is 0 Å². The molecule has 2 rings (SSSR count). The molecular formula is C11H13NO4. The Morgan fingerprint density at radius 3 is 2.94 bits per heavy atom. The highest BCUT2D eigenvalue weighted by atomic mass is 16.4. The highest BCUT2D eigenvalue weighted by Crippen LogP contribution is 2.35. The van der Waals surface area contributed by atoms with Gasteiger partial charge in [0.1, 0.15) is 11.5 Å². The Hall–Kier alpha value is -1.75. The smallest absolute Gasteiger partial charge is 0.303 e. The number of aliphatic hydroxyl groups is 1. The maximum Gasteiger partial charge on any atom is 0.303 e. The second-order valence-corrected chi connectivity index (χ2v) is 4.07. The maximum absolute atomic E-state index is 10.4. The van der Waals surface area contributed by atoms with Crippen molar-refractivity contribution < 1.29 is 20.1 Å². The van der Waals surface area contributed by atoms with Crippen LogP contribution in [0.5, 0.6) is 5.75 Å². The van der Waals surface area contributed by atoms with Gasteiger partial charge in [-0.1, -0.05) is 0 Å². The molecule has 1 aliphatic heterocycles. The van der Waals surface area contributed by atoms with Crippen molar-refractivity contribution in [1.82, 2.24) is 0 Å². The molecule has 0 saturated heterocycles. The lowest BCUT2D eigenvalue weighted by Crippen LogP contribution is -2.36. The Morgan fingerprint density at radius 2 is 2.25 bits per heavy atom. The van der Waals surface area contributed by atoms with Crippen LogP contribution in [-0.2, 0) is 11.2 Å². The topological polar surface area (TPSA) is 89.8 Å². The van der Waals surface area contributed by atoms with E-state index in [1.54, 1.807) is 12.1 Å². The van der Waals surface area contributed by atoms with Crippen molar-refractivity contribution in [3.8, 4) is 5.75 Å². The maximum atomic E-state index is 10.4. The number of benzene rings is 1. The van der Waals surface area contributed by atoms with Crippen LogP contribution in [0.25, 0.3) is 0 Å². The molecule has 0 aliphatic carbocycles. The van der Waals surface area contributed by atoms with E-state index < -0.39 is 11.7 Å². The van der Waals surface area contributed by atoms with E-state index in [2.05, 4.69) is 5.32 Å². The number of carboxylic acid groups (broad SMARTS) is 1. The minimum absolute atomic E-state index is 0.0938. The lowest BCUT2D eigenvalue weighted by atomic mass is 10.0. The van der Waals surface area contributed by atoms with Crippen LogP contribution >= 0.6 is 0 Å². The molecule has 16 heavy (non-hydrogen) atoms. The number of rotatable bonds is 3. The molecule has 1 atom stereocenters. The molecule has 0 fully saturated rings. The third-order valence-electron chi connectivity index (χ3n) is 2.69. The van der Waals surface area contributed by atoms with Crippen LogP contribution in [0.2, 0.25) is 0 Å². The van der Waals surface area contributed by atoms with Crippen molar-refractivity contribution in [1.29, 1.82) is 0 Å². The Bertz CT molecular complexity index is 432. The minimum Gasteiger partial charge on any atom is -0.508 e. The summed E-state index contributed by atoms with van der Waals surface area (Å²) in [7, 11) is 0. The molecule has 0 saturated carbocycles. The Kier molecular flexibility index (Phi) is 2.47. The summed E-state index contributed by atoms with van der Waals surface area (Å²) in [4.78, 5) is 10.4. The van der Waals surface area contributed by atoms with Crippen molar-refractivity contribution in [2.75, 3.05) is 5.32 Å². The number of carbonyl (C=O) groups is 1. The summed E-state index contributed by atoms with van der Waals surface area (Å²) in [6.07, 6.45) is 0.352. The molecule has 0 unspecified atom stereocenters. The highest BCUT2D eigenvalue weighted by Gasteiger charge is 2.34. The van der Waals surface area contributed by atoms with Crippen molar-refractivity contribution >= 4 is 11.7 Å². The van der Waals surface area contributed by atoms with E-state index in [1.807, 2.05) is 0 Å². The molecule has 0 aromatic heterocycles. The first-order valence-electron chi connectivity index (χ1n) is 5.03. The Labute approximate surface area is 92.3 Å². The summed E-state index contributed by atoms with van der Waals surface area (Å²) in [6, 6.07) is 4.76. The fourth-order valence-electron chi connectivity index (χ4n) is 1.92. The first-order valence-corrected chi connectivity index (χ1v) is 5.03. The largest absolute Gasteiger partial charge is 0.508 e. The van der Waals surface area contributed by atoms with Crippen LogP contribution in [0.15, 0.2) is 18.2 Å². The van der Waals surface area contributed by atoms with Crippen molar-refractivity contribution in [3.05, 3.63) is 23.8 Å². The van der Waals surface area contributed by atoms with E-state index in [-0.39, 0.29) is 18.6 Å². The van der Waals surface area contributed by atoms with E-state index in [4.69, 9.17) is 5.11 Å². The minimum atomic E-state index is -1.21. The normalized spacial score (nSPS) is 22.6. The predicted octanol–water partition coefficient (Wildman–Crippen LogP) is 0.914. The third-order valence-corrected chi connectivity index (χ3v) is 2.69. The summed E-state index contributed by atoms with van der Waals surface area (Å²) in [6.45, 7) is 0. The van der Waals surface area contributed by atoms with Gasteiger partial charge < -0.3 is 20.6 Å². The second-order valence-electron chi connectivity index (χ2n) is 4.07. The zero-order valence-corrected chi connectivity index (χ0v) is 8.60. The fourth-order valence-corrected chi connectivity index (χ4v) is 1.92. The van der Waals surface area contributed by atoms with Crippen molar-refractivity contribution in [3.63, 3.8) is 0 Å².